The summed E-state index contributed by atoms with van der Waals surface area (Å²) in [4.78, 5) is 39.7. The number of carbonyl (C=O) groups is 3. The van der Waals surface area contributed by atoms with Crippen LogP contribution in [0.4, 0.5) is 16.2 Å². The molecule has 0 aliphatic rings. The van der Waals surface area contributed by atoms with Crippen LogP contribution in [0.3, 0.4) is 0 Å². The first kappa shape index (κ1) is 50.6. The number of amides is 1. The van der Waals surface area contributed by atoms with Crippen LogP contribution in [-0.4, -0.2) is 55.9 Å². The second-order valence-electron chi connectivity index (χ2n) is 18.6. The normalized spacial score (nSPS) is 12.8. The monoisotopic (exact) mass is 950 g/mol. The number of benzene rings is 4. The van der Waals surface area contributed by atoms with Crippen LogP contribution in [-0.2, 0) is 23.1 Å². The minimum Gasteiger partial charge on any atom is -0.465 e. The van der Waals surface area contributed by atoms with Crippen molar-refractivity contribution in [1.82, 2.24) is 0 Å². The van der Waals surface area contributed by atoms with E-state index in [1.54, 1.807) is 26.8 Å². The fourth-order valence-electron chi connectivity index (χ4n) is 6.98. The molecule has 6 aromatic rings. The second-order valence-corrected chi connectivity index (χ2v) is 25.5. The number of methoxy groups -OCH3 is 2. The molecular formula is C51H62N2O8S2Si2. The number of nitrogens with two attached hydrogens (primary N) is 1. The van der Waals surface area contributed by atoms with Crippen molar-refractivity contribution >= 4 is 90.9 Å². The molecule has 2 atom stereocenters. The number of thiophene rings is 2. The van der Waals surface area contributed by atoms with Gasteiger partial charge in [0.05, 0.1) is 37.8 Å². The smallest absolute Gasteiger partial charge is 0.412 e. The molecule has 0 radical (unpaired) electrons. The van der Waals surface area contributed by atoms with Crippen molar-refractivity contribution in [2.24, 2.45) is 10.8 Å². The van der Waals surface area contributed by atoms with Crippen molar-refractivity contribution < 1.29 is 37.4 Å². The lowest BCUT2D eigenvalue weighted by Gasteiger charge is -2.34. The number of nitrogen functional groups attached to an aromatic ring is 1. The lowest BCUT2D eigenvalue weighted by Crippen LogP contribution is -2.47. The van der Waals surface area contributed by atoms with Crippen molar-refractivity contribution in [3.05, 3.63) is 153 Å². The van der Waals surface area contributed by atoms with E-state index >= 15 is 0 Å². The first-order valence-corrected chi connectivity index (χ1v) is 26.3. The lowest BCUT2D eigenvalue weighted by molar-refractivity contribution is 0.0596. The molecule has 0 fully saturated rings. The number of esters is 2. The van der Waals surface area contributed by atoms with Crippen molar-refractivity contribution in [1.29, 1.82) is 0 Å². The number of hydrogen-bond acceptors (Lipinski definition) is 11. The molecule has 0 saturated carbocycles. The van der Waals surface area contributed by atoms with Crippen LogP contribution in [0.25, 0.3) is 0 Å². The zero-order chi connectivity index (χ0) is 47.5. The molecule has 2 heterocycles. The number of carbonyl (C=O) groups excluding carboxylic acids is 3. The third kappa shape index (κ3) is 14.1. The van der Waals surface area contributed by atoms with E-state index < -0.39 is 41.7 Å². The van der Waals surface area contributed by atoms with Gasteiger partial charge in [0.25, 0.3) is 0 Å². The summed E-state index contributed by atoms with van der Waals surface area (Å²) in [6, 6.07) is 44.9. The van der Waals surface area contributed by atoms with Crippen LogP contribution in [0.2, 0.25) is 0 Å². The standard InChI is InChI=1S/C28H35NO5SSi.C23H27NO3SSi/c1-27(2,3)24(34-36(19-14-10-8-11-15-19)20-16-12-9-13-17-20)22-18-21(23(35-22)25(30)32-7)29-26(31)33-28(4,5)6;1-23(2,3)21(19-15-18(24)20(28-19)22(25)26-4)27-29(16-11-7-5-8-12-16)17-13-9-6-10-14-17/h8-18,24,36H,1-7H3,(H,29,31);5-15,21,29H,24H2,1-4H3. The molecule has 2 aromatic heterocycles. The zero-order valence-corrected chi connectivity index (χ0v) is 43.1. The highest BCUT2D eigenvalue weighted by molar-refractivity contribution is 7.15. The van der Waals surface area contributed by atoms with Gasteiger partial charge in [0.2, 0.25) is 18.1 Å². The van der Waals surface area contributed by atoms with Gasteiger partial charge in [0, 0.05) is 9.75 Å². The zero-order valence-electron chi connectivity index (χ0n) is 39.2. The summed E-state index contributed by atoms with van der Waals surface area (Å²) in [5, 5.41) is 7.48. The first-order chi connectivity index (χ1) is 30.7. The van der Waals surface area contributed by atoms with E-state index in [9.17, 15) is 14.4 Å². The van der Waals surface area contributed by atoms with Crippen LogP contribution in [0.5, 0.6) is 0 Å². The number of anilines is 2. The largest absolute Gasteiger partial charge is 0.465 e. The minimum atomic E-state index is -2.10. The van der Waals surface area contributed by atoms with Gasteiger partial charge >= 0.3 is 18.0 Å². The minimum absolute atomic E-state index is 0.181. The van der Waals surface area contributed by atoms with E-state index in [-0.39, 0.29) is 23.0 Å². The Kier molecular flexibility index (Phi) is 17.3. The topological polar surface area (TPSA) is 135 Å². The van der Waals surface area contributed by atoms with Gasteiger partial charge in [-0.15, -0.1) is 22.7 Å². The van der Waals surface area contributed by atoms with Crippen LogP contribution in [0.1, 0.15) is 104 Å². The third-order valence-corrected chi connectivity index (χ3v) is 17.3. The Morgan fingerprint density at radius 3 is 1.22 bits per heavy atom. The third-order valence-electron chi connectivity index (χ3n) is 9.95. The van der Waals surface area contributed by atoms with Gasteiger partial charge in [-0.05, 0) is 64.5 Å². The van der Waals surface area contributed by atoms with Crippen LogP contribution < -0.4 is 31.8 Å². The summed E-state index contributed by atoms with van der Waals surface area (Å²) < 4.78 is 29.2. The van der Waals surface area contributed by atoms with Crippen molar-refractivity contribution in [2.45, 2.75) is 80.1 Å². The Morgan fingerprint density at radius 2 is 0.877 bits per heavy atom. The molecule has 65 heavy (non-hydrogen) atoms. The van der Waals surface area contributed by atoms with Crippen LogP contribution in [0.15, 0.2) is 133 Å². The van der Waals surface area contributed by atoms with E-state index in [2.05, 4.69) is 95.4 Å². The van der Waals surface area contributed by atoms with Gasteiger partial charge < -0.3 is 28.8 Å². The molecule has 2 unspecified atom stereocenters. The molecule has 344 valence electrons. The number of rotatable bonds is 13. The summed E-state index contributed by atoms with van der Waals surface area (Å²) in [5.41, 5.74) is 5.76. The Bertz CT molecular complexity index is 2380. The molecule has 0 spiro atoms. The van der Waals surface area contributed by atoms with E-state index in [1.807, 2.05) is 78.9 Å². The molecule has 14 heteroatoms. The predicted octanol–water partition coefficient (Wildman–Crippen LogP) is 9.28. The molecule has 0 bridgehead atoms. The highest BCUT2D eigenvalue weighted by Crippen LogP contribution is 2.44. The van der Waals surface area contributed by atoms with Crippen molar-refractivity contribution in [2.75, 3.05) is 25.3 Å². The number of hydrogen-bond donors (Lipinski definition) is 2. The molecule has 1 amide bonds. The summed E-state index contributed by atoms with van der Waals surface area (Å²) in [6.45, 7) is 18.1. The van der Waals surface area contributed by atoms with Gasteiger partial charge in [-0.1, -0.05) is 163 Å². The molecule has 10 nitrogen and oxygen atoms in total. The van der Waals surface area contributed by atoms with Crippen molar-refractivity contribution in [3.63, 3.8) is 0 Å². The predicted molar refractivity (Wildman–Crippen MR) is 271 cm³/mol. The van der Waals surface area contributed by atoms with E-state index in [0.29, 0.717) is 21.1 Å². The molecule has 6 rings (SSSR count). The second kappa shape index (κ2) is 22.2. The Hall–Kier alpha value is -5.36. The highest BCUT2D eigenvalue weighted by Gasteiger charge is 2.36. The van der Waals surface area contributed by atoms with Gasteiger partial charge in [-0.25, -0.2) is 14.4 Å². The molecule has 0 saturated heterocycles. The van der Waals surface area contributed by atoms with Crippen molar-refractivity contribution in [3.8, 4) is 0 Å². The first-order valence-electron chi connectivity index (χ1n) is 21.4. The maximum atomic E-state index is 12.6. The maximum absolute atomic E-state index is 12.6. The summed E-state index contributed by atoms with van der Waals surface area (Å²) in [5.74, 6) is -0.934. The number of nitrogens with one attached hydrogen (secondary N) is 1. The number of ether oxygens (including phenoxy) is 3. The van der Waals surface area contributed by atoms with Gasteiger partial charge in [-0.3, -0.25) is 5.32 Å². The Balaban J connectivity index is 0.000000250. The summed E-state index contributed by atoms with van der Waals surface area (Å²) >= 11 is 2.63. The fourth-order valence-corrected chi connectivity index (χ4v) is 15.1. The summed E-state index contributed by atoms with van der Waals surface area (Å²) in [7, 11) is -1.37. The maximum Gasteiger partial charge on any atom is 0.412 e. The highest BCUT2D eigenvalue weighted by atomic mass is 32.1. The average molecular weight is 951 g/mol. The van der Waals surface area contributed by atoms with Crippen LogP contribution >= 0.6 is 22.7 Å². The molecule has 0 aliphatic carbocycles. The van der Waals surface area contributed by atoms with Gasteiger partial charge in [0.1, 0.15) is 15.4 Å². The fraction of sp³-hybridized carbons (Fsp3) is 0.314. The average Bonchev–Trinajstić information content (AvgIpc) is 3.86. The summed E-state index contributed by atoms with van der Waals surface area (Å²) in [6.07, 6.45) is -1.17. The van der Waals surface area contributed by atoms with Gasteiger partial charge in [0.15, 0.2) is 0 Å². The quantitative estimate of drug-likeness (QED) is 0.0660. The van der Waals surface area contributed by atoms with Gasteiger partial charge in [-0.2, -0.15) is 0 Å². The molecular weight excluding hydrogens is 889 g/mol. The van der Waals surface area contributed by atoms with E-state index in [1.165, 1.54) is 47.3 Å². The molecule has 3 N–H and O–H groups in total. The lowest BCUT2D eigenvalue weighted by atomic mass is 9.88. The SMILES string of the molecule is COC(=O)c1sc(C(O[SiH](c2ccccc2)c2ccccc2)C(C)(C)C)cc1N.COC(=O)c1sc(C(O[SiH](c2ccccc2)c2ccccc2)C(C)(C)C)cc1NC(=O)OC(C)(C)C. The molecule has 0 aliphatic heterocycles. The Morgan fingerprint density at radius 1 is 0.538 bits per heavy atom. The van der Waals surface area contributed by atoms with E-state index in [0.717, 1.165) is 20.1 Å². The Labute approximate surface area is 395 Å². The molecule has 4 aromatic carbocycles. The van der Waals surface area contributed by atoms with E-state index in [4.69, 9.17) is 28.8 Å². The van der Waals surface area contributed by atoms with Crippen LogP contribution in [0, 0.1) is 10.8 Å².